The van der Waals surface area contributed by atoms with Gasteiger partial charge in [-0.2, -0.15) is 0 Å². The average molecular weight is 178 g/mol. The standard InChI is InChI=1S/C8H18O4/c1-6(10)8(2,12)7(11)4-3-5-9/h6-7,9-12H,3-5H2,1-2H3. The first-order valence-electron chi connectivity index (χ1n) is 4.12. The minimum atomic E-state index is -1.49. The van der Waals surface area contributed by atoms with E-state index >= 15 is 0 Å². The van der Waals surface area contributed by atoms with Crippen molar-refractivity contribution in [3.63, 3.8) is 0 Å². The van der Waals surface area contributed by atoms with E-state index in [0.717, 1.165) is 0 Å². The summed E-state index contributed by atoms with van der Waals surface area (Å²) in [4.78, 5) is 0. The molecule has 0 rings (SSSR count). The van der Waals surface area contributed by atoms with Gasteiger partial charge in [-0.1, -0.05) is 0 Å². The molecule has 0 spiro atoms. The zero-order valence-corrected chi connectivity index (χ0v) is 7.56. The van der Waals surface area contributed by atoms with Gasteiger partial charge in [-0.15, -0.1) is 0 Å². The minimum Gasteiger partial charge on any atom is -0.396 e. The van der Waals surface area contributed by atoms with Gasteiger partial charge < -0.3 is 20.4 Å². The Balaban J connectivity index is 3.97. The Hall–Kier alpha value is -0.160. The summed E-state index contributed by atoms with van der Waals surface area (Å²) in [5.41, 5.74) is -1.49. The Morgan fingerprint density at radius 1 is 1.33 bits per heavy atom. The van der Waals surface area contributed by atoms with Crippen LogP contribution in [0.25, 0.3) is 0 Å². The average Bonchev–Trinajstić information content (AvgIpc) is 1.99. The van der Waals surface area contributed by atoms with Gasteiger partial charge >= 0.3 is 0 Å². The van der Waals surface area contributed by atoms with E-state index in [4.69, 9.17) is 10.2 Å². The third-order valence-electron chi connectivity index (χ3n) is 2.16. The van der Waals surface area contributed by atoms with Crippen LogP contribution < -0.4 is 0 Å². The molecule has 0 aliphatic heterocycles. The molecule has 0 aliphatic carbocycles. The van der Waals surface area contributed by atoms with Crippen LogP contribution >= 0.6 is 0 Å². The van der Waals surface area contributed by atoms with Crippen LogP contribution in [0.2, 0.25) is 0 Å². The van der Waals surface area contributed by atoms with E-state index in [2.05, 4.69) is 0 Å². The van der Waals surface area contributed by atoms with E-state index in [1.807, 2.05) is 0 Å². The van der Waals surface area contributed by atoms with Crippen LogP contribution in [0, 0.1) is 0 Å². The van der Waals surface area contributed by atoms with Crippen LogP contribution in [-0.2, 0) is 0 Å². The van der Waals surface area contributed by atoms with Crippen molar-refractivity contribution in [2.24, 2.45) is 0 Å². The van der Waals surface area contributed by atoms with Crippen LogP contribution in [0.15, 0.2) is 0 Å². The molecule has 3 unspecified atom stereocenters. The van der Waals surface area contributed by atoms with E-state index in [9.17, 15) is 10.2 Å². The molecule has 0 radical (unpaired) electrons. The molecule has 4 nitrogen and oxygen atoms in total. The Morgan fingerprint density at radius 3 is 2.17 bits per heavy atom. The monoisotopic (exact) mass is 178 g/mol. The maximum absolute atomic E-state index is 9.51. The van der Waals surface area contributed by atoms with Crippen molar-refractivity contribution < 1.29 is 20.4 Å². The molecule has 74 valence electrons. The van der Waals surface area contributed by atoms with Crippen molar-refractivity contribution in [3.8, 4) is 0 Å². The first-order valence-corrected chi connectivity index (χ1v) is 4.12. The van der Waals surface area contributed by atoms with Gasteiger partial charge in [0, 0.05) is 6.61 Å². The third kappa shape index (κ3) is 3.06. The largest absolute Gasteiger partial charge is 0.396 e. The normalized spacial score (nSPS) is 21.5. The van der Waals surface area contributed by atoms with E-state index in [0.29, 0.717) is 6.42 Å². The fraction of sp³-hybridized carbons (Fsp3) is 1.00. The van der Waals surface area contributed by atoms with E-state index in [1.54, 1.807) is 0 Å². The number of aliphatic hydroxyl groups is 4. The zero-order chi connectivity index (χ0) is 9.78. The molecule has 0 aromatic heterocycles. The summed E-state index contributed by atoms with van der Waals surface area (Å²) >= 11 is 0. The number of hydrogen-bond acceptors (Lipinski definition) is 4. The lowest BCUT2D eigenvalue weighted by atomic mass is 9.90. The van der Waals surface area contributed by atoms with Crippen LogP contribution in [0.3, 0.4) is 0 Å². The lowest BCUT2D eigenvalue weighted by Crippen LogP contribution is -2.48. The quantitative estimate of drug-likeness (QED) is 0.446. The molecule has 0 bridgehead atoms. The SMILES string of the molecule is CC(O)C(C)(O)C(O)CCCO. The molecule has 12 heavy (non-hydrogen) atoms. The zero-order valence-electron chi connectivity index (χ0n) is 7.56. The van der Waals surface area contributed by atoms with E-state index < -0.39 is 17.8 Å². The molecule has 0 aromatic carbocycles. The summed E-state index contributed by atoms with van der Waals surface area (Å²) < 4.78 is 0. The fourth-order valence-corrected chi connectivity index (χ4v) is 0.855. The smallest absolute Gasteiger partial charge is 0.113 e. The van der Waals surface area contributed by atoms with Crippen LogP contribution in [0.5, 0.6) is 0 Å². The second-order valence-corrected chi connectivity index (χ2v) is 3.28. The van der Waals surface area contributed by atoms with Gasteiger partial charge in [0.15, 0.2) is 0 Å². The molecule has 3 atom stereocenters. The maximum Gasteiger partial charge on any atom is 0.113 e. The van der Waals surface area contributed by atoms with Crippen molar-refractivity contribution in [1.82, 2.24) is 0 Å². The first kappa shape index (κ1) is 11.8. The van der Waals surface area contributed by atoms with Crippen LogP contribution in [0.1, 0.15) is 26.7 Å². The van der Waals surface area contributed by atoms with Crippen LogP contribution in [0.4, 0.5) is 0 Å². The summed E-state index contributed by atoms with van der Waals surface area (Å²) in [6.07, 6.45) is -1.27. The minimum absolute atomic E-state index is 0.0209. The second kappa shape index (κ2) is 4.77. The van der Waals surface area contributed by atoms with Gasteiger partial charge in [-0.05, 0) is 26.7 Å². The van der Waals surface area contributed by atoms with Crippen molar-refractivity contribution in [2.45, 2.75) is 44.5 Å². The summed E-state index contributed by atoms with van der Waals surface area (Å²) in [6.45, 7) is 2.77. The number of hydrogen-bond donors (Lipinski definition) is 4. The molecule has 0 saturated heterocycles. The Bertz CT molecular complexity index is 122. The summed E-state index contributed by atoms with van der Waals surface area (Å²) in [6, 6.07) is 0. The highest BCUT2D eigenvalue weighted by molar-refractivity contribution is 4.86. The number of rotatable bonds is 5. The Labute approximate surface area is 72.5 Å². The highest BCUT2D eigenvalue weighted by atomic mass is 16.4. The van der Waals surface area contributed by atoms with Crippen LogP contribution in [-0.4, -0.2) is 44.8 Å². The highest BCUT2D eigenvalue weighted by Crippen LogP contribution is 2.18. The predicted molar refractivity (Wildman–Crippen MR) is 44.6 cm³/mol. The van der Waals surface area contributed by atoms with Gasteiger partial charge in [0.1, 0.15) is 5.60 Å². The molecule has 0 aliphatic rings. The Kier molecular flexibility index (Phi) is 4.70. The molecular formula is C8H18O4. The predicted octanol–water partition coefficient (Wildman–Crippen LogP) is -0.748. The van der Waals surface area contributed by atoms with Crippen molar-refractivity contribution in [2.75, 3.05) is 6.61 Å². The third-order valence-corrected chi connectivity index (χ3v) is 2.16. The molecule has 0 fully saturated rings. The molecule has 0 heterocycles. The summed E-state index contributed by atoms with van der Waals surface area (Å²) in [7, 11) is 0. The summed E-state index contributed by atoms with van der Waals surface area (Å²) in [5.74, 6) is 0. The molecule has 4 heteroatoms. The topological polar surface area (TPSA) is 80.9 Å². The lowest BCUT2D eigenvalue weighted by Gasteiger charge is -2.31. The van der Waals surface area contributed by atoms with Crippen molar-refractivity contribution >= 4 is 0 Å². The second-order valence-electron chi connectivity index (χ2n) is 3.28. The maximum atomic E-state index is 9.51. The van der Waals surface area contributed by atoms with Gasteiger partial charge in [-0.25, -0.2) is 0 Å². The van der Waals surface area contributed by atoms with Gasteiger partial charge in [0.05, 0.1) is 12.2 Å². The Morgan fingerprint density at radius 2 is 1.83 bits per heavy atom. The molecular weight excluding hydrogens is 160 g/mol. The molecule has 0 amide bonds. The van der Waals surface area contributed by atoms with E-state index in [-0.39, 0.29) is 13.0 Å². The molecule has 0 saturated carbocycles. The first-order chi connectivity index (χ1) is 5.42. The lowest BCUT2D eigenvalue weighted by molar-refractivity contribution is -0.131. The fourth-order valence-electron chi connectivity index (χ4n) is 0.855. The molecule has 4 N–H and O–H groups in total. The highest BCUT2D eigenvalue weighted by Gasteiger charge is 2.34. The van der Waals surface area contributed by atoms with E-state index in [1.165, 1.54) is 13.8 Å². The van der Waals surface area contributed by atoms with Gasteiger partial charge in [-0.3, -0.25) is 0 Å². The summed E-state index contributed by atoms with van der Waals surface area (Å²) in [5, 5.41) is 36.4. The van der Waals surface area contributed by atoms with Gasteiger partial charge in [0.2, 0.25) is 0 Å². The van der Waals surface area contributed by atoms with Gasteiger partial charge in [0.25, 0.3) is 0 Å². The number of aliphatic hydroxyl groups excluding tert-OH is 3. The molecule has 0 aromatic rings. The van der Waals surface area contributed by atoms with Crippen molar-refractivity contribution in [1.29, 1.82) is 0 Å². The van der Waals surface area contributed by atoms with Crippen molar-refractivity contribution in [3.05, 3.63) is 0 Å².